The molecular formula is C19H20N6O5. The number of nitrogen functional groups attached to an aromatic ring is 1. The standard InChI is InChI=1S/C19H20N6O5/c1-4-11(26)9-30-13-6-5-12-14(15(13)29-3)23-19(25(2)17(12)28)24-16(27)10-7-21-18(20)22-8-10/h5-8H,4,9H2,1-3H3,(H2,20,21,22)(H,23,24,27). The van der Waals surface area contributed by atoms with E-state index < -0.39 is 11.5 Å². The van der Waals surface area contributed by atoms with Crippen molar-refractivity contribution >= 4 is 34.5 Å². The van der Waals surface area contributed by atoms with Crippen LogP contribution >= 0.6 is 0 Å². The highest BCUT2D eigenvalue weighted by atomic mass is 16.5. The Bertz CT molecular complexity index is 1170. The van der Waals surface area contributed by atoms with Crippen LogP contribution in [-0.4, -0.2) is 44.9 Å². The second-order valence-electron chi connectivity index (χ2n) is 6.26. The molecule has 30 heavy (non-hydrogen) atoms. The molecule has 0 saturated heterocycles. The van der Waals surface area contributed by atoms with E-state index in [2.05, 4.69) is 20.3 Å². The molecule has 0 spiro atoms. The van der Waals surface area contributed by atoms with Crippen LogP contribution in [0.15, 0.2) is 29.3 Å². The fourth-order valence-corrected chi connectivity index (χ4v) is 2.61. The normalized spacial score (nSPS) is 10.6. The van der Waals surface area contributed by atoms with Crippen LogP contribution in [0.2, 0.25) is 0 Å². The lowest BCUT2D eigenvalue weighted by Gasteiger charge is -2.14. The predicted octanol–water partition coefficient (Wildman–Crippen LogP) is 0.924. The maximum absolute atomic E-state index is 12.8. The van der Waals surface area contributed by atoms with E-state index in [0.29, 0.717) is 6.42 Å². The molecule has 0 aliphatic rings. The number of ether oxygens (including phenoxy) is 2. The summed E-state index contributed by atoms with van der Waals surface area (Å²) in [5.74, 6) is -0.210. The minimum absolute atomic E-state index is 0.0191. The molecule has 3 rings (SSSR count). The number of carbonyl (C=O) groups excluding carboxylic acids is 2. The van der Waals surface area contributed by atoms with Crippen LogP contribution in [0.5, 0.6) is 11.5 Å². The lowest BCUT2D eigenvalue weighted by molar-refractivity contribution is -0.120. The van der Waals surface area contributed by atoms with Gasteiger partial charge in [0.2, 0.25) is 11.9 Å². The van der Waals surface area contributed by atoms with Crippen LogP contribution in [0, 0.1) is 0 Å². The topological polar surface area (TPSA) is 151 Å². The first-order valence-corrected chi connectivity index (χ1v) is 8.96. The van der Waals surface area contributed by atoms with Gasteiger partial charge in [-0.2, -0.15) is 0 Å². The molecular weight excluding hydrogens is 392 g/mol. The predicted molar refractivity (Wildman–Crippen MR) is 109 cm³/mol. The molecule has 11 nitrogen and oxygen atoms in total. The molecule has 3 N–H and O–H groups in total. The first kappa shape index (κ1) is 20.7. The summed E-state index contributed by atoms with van der Waals surface area (Å²) in [7, 11) is 2.87. The van der Waals surface area contributed by atoms with Gasteiger partial charge >= 0.3 is 0 Å². The minimum Gasteiger partial charge on any atom is -0.491 e. The summed E-state index contributed by atoms with van der Waals surface area (Å²) in [6.07, 6.45) is 2.85. The lowest BCUT2D eigenvalue weighted by atomic mass is 10.2. The van der Waals surface area contributed by atoms with Crippen molar-refractivity contribution in [2.24, 2.45) is 7.05 Å². The number of aromatic nitrogens is 4. The van der Waals surface area contributed by atoms with Crippen molar-refractivity contribution in [3.05, 3.63) is 40.4 Å². The maximum Gasteiger partial charge on any atom is 0.262 e. The number of ketones is 1. The maximum atomic E-state index is 12.8. The number of nitrogens with one attached hydrogen (secondary N) is 1. The van der Waals surface area contributed by atoms with E-state index in [0.717, 1.165) is 0 Å². The quantitative estimate of drug-likeness (QED) is 0.577. The first-order valence-electron chi connectivity index (χ1n) is 8.96. The third kappa shape index (κ3) is 4.04. The van der Waals surface area contributed by atoms with Gasteiger partial charge in [0.25, 0.3) is 11.5 Å². The zero-order valence-electron chi connectivity index (χ0n) is 16.6. The summed E-state index contributed by atoms with van der Waals surface area (Å²) in [6, 6.07) is 3.06. The number of fused-ring (bicyclic) bond motifs is 1. The van der Waals surface area contributed by atoms with Gasteiger partial charge in [-0.25, -0.2) is 15.0 Å². The SMILES string of the molecule is CCC(=O)COc1ccc2c(=O)n(C)c(NC(=O)c3cnc(N)nc3)nc2c1OC. The van der Waals surface area contributed by atoms with Gasteiger partial charge in [-0.1, -0.05) is 6.92 Å². The number of Topliss-reactive ketones (excluding diaryl/α,β-unsaturated/α-hetero) is 1. The van der Waals surface area contributed by atoms with Gasteiger partial charge in [0.15, 0.2) is 17.3 Å². The summed E-state index contributed by atoms with van der Waals surface area (Å²) >= 11 is 0. The van der Waals surface area contributed by atoms with Gasteiger partial charge in [0.1, 0.15) is 12.1 Å². The molecule has 11 heteroatoms. The lowest BCUT2D eigenvalue weighted by Crippen LogP contribution is -2.25. The Morgan fingerprint density at radius 3 is 2.57 bits per heavy atom. The number of amides is 1. The number of carbonyl (C=O) groups is 2. The number of methoxy groups -OCH3 is 1. The molecule has 0 unspecified atom stereocenters. The summed E-state index contributed by atoms with van der Waals surface area (Å²) < 4.78 is 12.1. The number of hydrogen-bond donors (Lipinski definition) is 2. The van der Waals surface area contributed by atoms with Crippen molar-refractivity contribution in [2.45, 2.75) is 13.3 Å². The molecule has 3 aromatic rings. The zero-order valence-corrected chi connectivity index (χ0v) is 16.6. The van der Waals surface area contributed by atoms with Gasteiger partial charge in [-0.05, 0) is 12.1 Å². The van der Waals surface area contributed by atoms with Crippen molar-refractivity contribution in [3.8, 4) is 11.5 Å². The van der Waals surface area contributed by atoms with Crippen molar-refractivity contribution < 1.29 is 19.1 Å². The fraction of sp³-hybridized carbons (Fsp3) is 0.263. The fourth-order valence-electron chi connectivity index (χ4n) is 2.61. The third-order valence-corrected chi connectivity index (χ3v) is 4.31. The van der Waals surface area contributed by atoms with Crippen LogP contribution in [0.4, 0.5) is 11.9 Å². The number of hydrogen-bond acceptors (Lipinski definition) is 9. The van der Waals surface area contributed by atoms with Crippen molar-refractivity contribution in [1.29, 1.82) is 0 Å². The van der Waals surface area contributed by atoms with Gasteiger partial charge in [0, 0.05) is 25.9 Å². The molecule has 0 aliphatic carbocycles. The molecule has 0 saturated carbocycles. The molecule has 0 fully saturated rings. The summed E-state index contributed by atoms with van der Waals surface area (Å²) in [4.78, 5) is 48.7. The van der Waals surface area contributed by atoms with Gasteiger partial charge in [0.05, 0.1) is 18.1 Å². The molecule has 156 valence electrons. The van der Waals surface area contributed by atoms with Gasteiger partial charge in [-0.15, -0.1) is 0 Å². The highest BCUT2D eigenvalue weighted by Gasteiger charge is 2.19. The first-order chi connectivity index (χ1) is 14.3. The van der Waals surface area contributed by atoms with E-state index in [-0.39, 0.29) is 52.3 Å². The Hall–Kier alpha value is -4.02. The monoisotopic (exact) mass is 412 g/mol. The van der Waals surface area contributed by atoms with Crippen molar-refractivity contribution in [3.63, 3.8) is 0 Å². The number of nitrogens with zero attached hydrogens (tertiary/aromatic N) is 4. The molecule has 2 aromatic heterocycles. The molecule has 1 amide bonds. The Kier molecular flexibility index (Phi) is 5.90. The molecule has 0 radical (unpaired) electrons. The average Bonchev–Trinajstić information content (AvgIpc) is 2.75. The Morgan fingerprint density at radius 2 is 1.93 bits per heavy atom. The van der Waals surface area contributed by atoms with Crippen LogP contribution < -0.4 is 26.1 Å². The van der Waals surface area contributed by atoms with Gasteiger partial charge < -0.3 is 15.2 Å². The Labute approximate surface area is 170 Å². The van der Waals surface area contributed by atoms with Crippen molar-refractivity contribution in [1.82, 2.24) is 19.5 Å². The smallest absolute Gasteiger partial charge is 0.262 e. The average molecular weight is 412 g/mol. The second kappa shape index (κ2) is 8.55. The Balaban J connectivity index is 2.03. The van der Waals surface area contributed by atoms with Crippen LogP contribution in [-0.2, 0) is 11.8 Å². The third-order valence-electron chi connectivity index (χ3n) is 4.31. The largest absolute Gasteiger partial charge is 0.491 e. The molecule has 0 bridgehead atoms. The zero-order chi connectivity index (χ0) is 21.8. The molecule has 0 atom stereocenters. The molecule has 2 heterocycles. The molecule has 0 aliphatic heterocycles. The van der Waals surface area contributed by atoms with E-state index in [1.807, 2.05) is 0 Å². The van der Waals surface area contributed by atoms with Crippen LogP contribution in [0.3, 0.4) is 0 Å². The second-order valence-corrected chi connectivity index (χ2v) is 6.26. The summed E-state index contributed by atoms with van der Waals surface area (Å²) in [5, 5.41) is 2.81. The summed E-state index contributed by atoms with van der Waals surface area (Å²) in [5.41, 5.74) is 5.35. The van der Waals surface area contributed by atoms with E-state index in [9.17, 15) is 14.4 Å². The minimum atomic E-state index is -0.572. The van der Waals surface area contributed by atoms with Crippen molar-refractivity contribution in [2.75, 3.05) is 24.8 Å². The van der Waals surface area contributed by atoms with E-state index >= 15 is 0 Å². The van der Waals surface area contributed by atoms with Crippen LogP contribution in [0.1, 0.15) is 23.7 Å². The highest BCUT2D eigenvalue weighted by molar-refractivity contribution is 6.03. The number of benzene rings is 1. The Morgan fingerprint density at radius 1 is 1.23 bits per heavy atom. The van der Waals surface area contributed by atoms with E-state index in [1.165, 1.54) is 43.3 Å². The highest BCUT2D eigenvalue weighted by Crippen LogP contribution is 2.33. The van der Waals surface area contributed by atoms with E-state index in [1.54, 1.807) is 6.92 Å². The van der Waals surface area contributed by atoms with Gasteiger partial charge in [-0.3, -0.25) is 24.3 Å². The van der Waals surface area contributed by atoms with E-state index in [4.69, 9.17) is 15.2 Å². The number of nitrogens with two attached hydrogens (primary N) is 1. The number of rotatable bonds is 7. The summed E-state index contributed by atoms with van der Waals surface area (Å²) in [6.45, 7) is 1.60. The number of anilines is 2. The molecule has 1 aromatic carbocycles. The van der Waals surface area contributed by atoms with Crippen LogP contribution in [0.25, 0.3) is 10.9 Å².